The zero-order valence-electron chi connectivity index (χ0n) is 10.3. The van der Waals surface area contributed by atoms with Gasteiger partial charge in [0, 0.05) is 6.54 Å². The molecule has 0 radical (unpaired) electrons. The topological polar surface area (TPSA) is 105 Å². The van der Waals surface area contributed by atoms with Crippen molar-refractivity contribution in [1.29, 1.82) is 0 Å². The molecule has 0 heterocycles. The van der Waals surface area contributed by atoms with Gasteiger partial charge in [0.25, 0.3) is 5.91 Å². The Hall–Kier alpha value is -2.57. The second-order valence-electron chi connectivity index (χ2n) is 3.53. The van der Waals surface area contributed by atoms with E-state index in [1.54, 1.807) is 6.92 Å². The fraction of sp³-hybridized carbons (Fsp3) is 0.250. The summed E-state index contributed by atoms with van der Waals surface area (Å²) in [5, 5.41) is 13.4. The number of aromatic hydroxyl groups is 1. The Labute approximate surface area is 109 Å². The predicted octanol–water partition coefficient (Wildman–Crippen LogP) is 0.395. The Bertz CT molecular complexity index is 470. The summed E-state index contributed by atoms with van der Waals surface area (Å²) in [5.41, 5.74) is 0.198. The highest BCUT2D eigenvalue weighted by Gasteiger charge is 2.11. The van der Waals surface area contributed by atoms with E-state index in [0.717, 1.165) is 0 Å². The molecule has 7 heteroatoms. The van der Waals surface area contributed by atoms with E-state index >= 15 is 0 Å². The Morgan fingerprint density at radius 3 is 2.42 bits per heavy atom. The fourth-order valence-electron chi connectivity index (χ4n) is 1.18. The first kappa shape index (κ1) is 14.5. The van der Waals surface area contributed by atoms with Crippen molar-refractivity contribution in [3.63, 3.8) is 0 Å². The van der Waals surface area contributed by atoms with Crippen LogP contribution in [0, 0.1) is 0 Å². The van der Waals surface area contributed by atoms with Gasteiger partial charge < -0.3 is 15.2 Å². The van der Waals surface area contributed by atoms with E-state index in [-0.39, 0.29) is 11.3 Å². The van der Waals surface area contributed by atoms with Gasteiger partial charge in [-0.3, -0.25) is 10.1 Å². The maximum atomic E-state index is 11.5. The van der Waals surface area contributed by atoms with Gasteiger partial charge in [-0.1, -0.05) is 0 Å². The lowest BCUT2D eigenvalue weighted by molar-refractivity contribution is -0.123. The number of carbonyl (C=O) groups is 3. The maximum Gasteiger partial charge on any atom is 0.338 e. The quantitative estimate of drug-likeness (QED) is 0.684. The SMILES string of the molecule is CCNC(=O)NC(=O)COC(=O)c1ccc(O)cc1. The molecule has 1 aromatic carbocycles. The molecule has 0 atom stereocenters. The zero-order chi connectivity index (χ0) is 14.3. The van der Waals surface area contributed by atoms with Crippen molar-refractivity contribution in [2.75, 3.05) is 13.2 Å². The lowest BCUT2D eigenvalue weighted by atomic mass is 10.2. The van der Waals surface area contributed by atoms with E-state index in [0.29, 0.717) is 6.54 Å². The third-order valence-electron chi connectivity index (χ3n) is 2.03. The summed E-state index contributed by atoms with van der Waals surface area (Å²) in [4.78, 5) is 33.7. The molecule has 0 saturated heterocycles. The summed E-state index contributed by atoms with van der Waals surface area (Å²) >= 11 is 0. The molecule has 0 fully saturated rings. The van der Waals surface area contributed by atoms with E-state index in [1.165, 1.54) is 24.3 Å². The van der Waals surface area contributed by atoms with Crippen LogP contribution >= 0.6 is 0 Å². The van der Waals surface area contributed by atoms with Gasteiger partial charge in [-0.25, -0.2) is 9.59 Å². The highest BCUT2D eigenvalue weighted by Crippen LogP contribution is 2.10. The first-order valence-electron chi connectivity index (χ1n) is 5.56. The summed E-state index contributed by atoms with van der Waals surface area (Å²) in [6.07, 6.45) is 0. The third-order valence-corrected chi connectivity index (χ3v) is 2.03. The van der Waals surface area contributed by atoms with Crippen molar-refractivity contribution >= 4 is 17.9 Å². The first-order valence-corrected chi connectivity index (χ1v) is 5.56. The van der Waals surface area contributed by atoms with Crippen molar-refractivity contribution in [2.45, 2.75) is 6.92 Å². The molecule has 0 saturated carbocycles. The van der Waals surface area contributed by atoms with Crippen LogP contribution in [0.2, 0.25) is 0 Å². The predicted molar refractivity (Wildman–Crippen MR) is 65.6 cm³/mol. The number of imide groups is 1. The molecule has 0 aromatic heterocycles. The summed E-state index contributed by atoms with van der Waals surface area (Å²) in [5.74, 6) is -1.42. The number of rotatable bonds is 4. The molecule has 0 bridgehead atoms. The molecule has 0 aliphatic heterocycles. The molecule has 0 spiro atoms. The smallest absolute Gasteiger partial charge is 0.338 e. The van der Waals surface area contributed by atoms with Crippen LogP contribution in [0.15, 0.2) is 24.3 Å². The zero-order valence-corrected chi connectivity index (χ0v) is 10.3. The third kappa shape index (κ3) is 5.07. The number of phenolic OH excluding ortho intramolecular Hbond substituents is 1. The first-order chi connectivity index (χ1) is 9.02. The van der Waals surface area contributed by atoms with E-state index in [9.17, 15) is 14.4 Å². The van der Waals surface area contributed by atoms with E-state index in [2.05, 4.69) is 5.32 Å². The van der Waals surface area contributed by atoms with E-state index < -0.39 is 24.5 Å². The van der Waals surface area contributed by atoms with Crippen molar-refractivity contribution < 1.29 is 24.2 Å². The summed E-state index contributed by atoms with van der Waals surface area (Å²) < 4.78 is 4.70. The van der Waals surface area contributed by atoms with Crippen LogP contribution in [0.5, 0.6) is 5.75 Å². The molecule has 0 aliphatic carbocycles. The van der Waals surface area contributed by atoms with Gasteiger partial charge >= 0.3 is 12.0 Å². The lowest BCUT2D eigenvalue weighted by Gasteiger charge is -2.06. The molecule has 1 rings (SSSR count). The minimum absolute atomic E-state index is 0.0190. The van der Waals surface area contributed by atoms with Gasteiger partial charge in [0.05, 0.1) is 5.56 Å². The number of esters is 1. The molecule has 102 valence electrons. The molecule has 0 aliphatic rings. The van der Waals surface area contributed by atoms with Crippen LogP contribution in [0.25, 0.3) is 0 Å². The number of hydrogen-bond donors (Lipinski definition) is 3. The molecule has 3 N–H and O–H groups in total. The van der Waals surface area contributed by atoms with Gasteiger partial charge in [0.2, 0.25) is 0 Å². The number of hydrogen-bond acceptors (Lipinski definition) is 5. The molecule has 0 unspecified atom stereocenters. The van der Waals surface area contributed by atoms with Crippen LogP contribution in [-0.4, -0.2) is 36.2 Å². The van der Waals surface area contributed by atoms with Crippen molar-refractivity contribution in [2.24, 2.45) is 0 Å². The van der Waals surface area contributed by atoms with Gasteiger partial charge in [0.1, 0.15) is 5.75 Å². The largest absolute Gasteiger partial charge is 0.508 e. The van der Waals surface area contributed by atoms with Crippen LogP contribution in [-0.2, 0) is 9.53 Å². The molecule has 7 nitrogen and oxygen atoms in total. The molecular weight excluding hydrogens is 252 g/mol. The molecule has 1 aromatic rings. The minimum Gasteiger partial charge on any atom is -0.508 e. The maximum absolute atomic E-state index is 11.5. The van der Waals surface area contributed by atoms with Crippen LogP contribution < -0.4 is 10.6 Å². The fourth-order valence-corrected chi connectivity index (χ4v) is 1.18. The summed E-state index contributed by atoms with van der Waals surface area (Å²) in [6.45, 7) is 1.53. The normalized spacial score (nSPS) is 9.53. The number of urea groups is 1. The van der Waals surface area contributed by atoms with Gasteiger partial charge in [-0.05, 0) is 31.2 Å². The average Bonchev–Trinajstić information content (AvgIpc) is 2.37. The highest BCUT2D eigenvalue weighted by molar-refractivity contribution is 5.97. The summed E-state index contributed by atoms with van der Waals surface area (Å²) in [6, 6.07) is 4.73. The van der Waals surface area contributed by atoms with Crippen LogP contribution in [0.1, 0.15) is 17.3 Å². The van der Waals surface area contributed by atoms with Crippen molar-refractivity contribution in [1.82, 2.24) is 10.6 Å². The number of ether oxygens (including phenoxy) is 1. The van der Waals surface area contributed by atoms with Gasteiger partial charge in [-0.2, -0.15) is 0 Å². The van der Waals surface area contributed by atoms with Crippen LogP contribution in [0.4, 0.5) is 4.79 Å². The van der Waals surface area contributed by atoms with Crippen molar-refractivity contribution in [3.8, 4) is 5.75 Å². The Morgan fingerprint density at radius 1 is 1.21 bits per heavy atom. The van der Waals surface area contributed by atoms with Gasteiger partial charge in [-0.15, -0.1) is 0 Å². The Kier molecular flexibility index (Phi) is 5.34. The average molecular weight is 266 g/mol. The minimum atomic E-state index is -0.724. The number of benzene rings is 1. The molecule has 3 amide bonds. The second kappa shape index (κ2) is 7.00. The molecule has 19 heavy (non-hydrogen) atoms. The van der Waals surface area contributed by atoms with E-state index in [1.807, 2.05) is 5.32 Å². The van der Waals surface area contributed by atoms with Crippen molar-refractivity contribution in [3.05, 3.63) is 29.8 Å². The highest BCUT2D eigenvalue weighted by atomic mass is 16.5. The molecular formula is C12H14N2O5. The Morgan fingerprint density at radius 2 is 1.84 bits per heavy atom. The number of carbonyl (C=O) groups excluding carboxylic acids is 3. The number of amides is 3. The Balaban J connectivity index is 2.40. The lowest BCUT2D eigenvalue weighted by Crippen LogP contribution is -2.41. The number of nitrogens with one attached hydrogen (secondary N) is 2. The van der Waals surface area contributed by atoms with E-state index in [4.69, 9.17) is 9.84 Å². The number of phenols is 1. The second-order valence-corrected chi connectivity index (χ2v) is 3.53. The van der Waals surface area contributed by atoms with Gasteiger partial charge in [0.15, 0.2) is 6.61 Å². The van der Waals surface area contributed by atoms with Crippen LogP contribution in [0.3, 0.4) is 0 Å². The summed E-state index contributed by atoms with van der Waals surface area (Å²) in [7, 11) is 0. The monoisotopic (exact) mass is 266 g/mol. The standard InChI is InChI=1S/C12H14N2O5/c1-2-13-12(18)14-10(16)7-19-11(17)8-3-5-9(15)6-4-8/h3-6,15H,2,7H2,1H3,(H2,13,14,16,18).